The van der Waals surface area contributed by atoms with Crippen LogP contribution in [0.1, 0.15) is 23.7 Å². The predicted molar refractivity (Wildman–Crippen MR) is 61.7 cm³/mol. The summed E-state index contributed by atoms with van der Waals surface area (Å²) < 4.78 is 1.96. The van der Waals surface area contributed by atoms with Crippen LogP contribution in [0, 0.1) is 18.3 Å². The maximum atomic E-state index is 9.06. The molecule has 0 amide bonds. The van der Waals surface area contributed by atoms with Crippen LogP contribution in [0.15, 0.2) is 18.2 Å². The highest BCUT2D eigenvalue weighted by molar-refractivity contribution is 5.87. The van der Waals surface area contributed by atoms with Crippen molar-refractivity contribution in [3.8, 4) is 6.07 Å². The Morgan fingerprint density at radius 3 is 2.73 bits per heavy atom. The van der Waals surface area contributed by atoms with Crippen LogP contribution >= 0.6 is 0 Å². The molecule has 0 saturated heterocycles. The summed E-state index contributed by atoms with van der Waals surface area (Å²) >= 11 is 0. The minimum atomic E-state index is 0.762. The van der Waals surface area contributed by atoms with Crippen LogP contribution in [0.4, 0.5) is 0 Å². The van der Waals surface area contributed by atoms with Crippen molar-refractivity contribution >= 4 is 10.9 Å². The third-order valence-electron chi connectivity index (χ3n) is 3.03. The Hall–Kier alpha value is -1.75. The number of fused-ring (bicyclic) bond motifs is 1. The number of nitrogens with zero attached hydrogens (tertiary/aromatic N) is 2. The quantitative estimate of drug-likeness (QED) is 0.692. The van der Waals surface area contributed by atoms with E-state index in [4.69, 9.17) is 5.26 Å². The van der Waals surface area contributed by atoms with Gasteiger partial charge < -0.3 is 4.57 Å². The zero-order valence-corrected chi connectivity index (χ0v) is 9.33. The van der Waals surface area contributed by atoms with Crippen LogP contribution in [0.2, 0.25) is 0 Å². The average molecular weight is 198 g/mol. The van der Waals surface area contributed by atoms with Crippen molar-refractivity contribution in [2.75, 3.05) is 0 Å². The summed E-state index contributed by atoms with van der Waals surface area (Å²) in [5, 5.41) is 10.3. The first kappa shape index (κ1) is 9.79. The molecule has 1 aromatic carbocycles. The van der Waals surface area contributed by atoms with Crippen LogP contribution in [0.25, 0.3) is 10.9 Å². The fourth-order valence-electron chi connectivity index (χ4n) is 2.05. The molecule has 0 unspecified atom stereocenters. The van der Waals surface area contributed by atoms with Gasteiger partial charge in [-0.25, -0.2) is 0 Å². The van der Waals surface area contributed by atoms with Gasteiger partial charge in [0.05, 0.1) is 0 Å². The van der Waals surface area contributed by atoms with Gasteiger partial charge in [-0.15, -0.1) is 0 Å². The van der Waals surface area contributed by atoms with Crippen LogP contribution in [-0.4, -0.2) is 4.57 Å². The van der Waals surface area contributed by atoms with E-state index in [2.05, 4.69) is 31.2 Å². The lowest BCUT2D eigenvalue weighted by atomic mass is 10.1. The first-order valence-corrected chi connectivity index (χ1v) is 5.17. The molecule has 0 radical (unpaired) electrons. The van der Waals surface area contributed by atoms with Gasteiger partial charge in [0.1, 0.15) is 11.8 Å². The number of benzene rings is 1. The van der Waals surface area contributed by atoms with Crippen molar-refractivity contribution in [1.82, 2.24) is 4.57 Å². The van der Waals surface area contributed by atoms with Crippen LogP contribution < -0.4 is 0 Å². The largest absolute Gasteiger partial charge is 0.335 e. The van der Waals surface area contributed by atoms with Gasteiger partial charge in [-0.3, -0.25) is 0 Å². The van der Waals surface area contributed by atoms with Crippen LogP contribution in [-0.2, 0) is 13.5 Å². The van der Waals surface area contributed by atoms with Gasteiger partial charge in [-0.05, 0) is 36.6 Å². The molecule has 0 aliphatic heterocycles. The molecule has 1 heterocycles. The van der Waals surface area contributed by atoms with Crippen molar-refractivity contribution in [2.45, 2.75) is 20.3 Å². The second-order valence-corrected chi connectivity index (χ2v) is 3.85. The highest BCUT2D eigenvalue weighted by atomic mass is 14.9. The molecule has 2 nitrogen and oxygen atoms in total. The van der Waals surface area contributed by atoms with Crippen LogP contribution in [0.5, 0.6) is 0 Å². The van der Waals surface area contributed by atoms with E-state index in [1.165, 1.54) is 10.9 Å². The van der Waals surface area contributed by atoms with Gasteiger partial charge in [0.2, 0.25) is 0 Å². The third kappa shape index (κ3) is 1.32. The van der Waals surface area contributed by atoms with E-state index in [0.29, 0.717) is 0 Å². The Kier molecular flexibility index (Phi) is 2.24. The number of aromatic nitrogens is 1. The van der Waals surface area contributed by atoms with Gasteiger partial charge in [0.25, 0.3) is 0 Å². The lowest BCUT2D eigenvalue weighted by Gasteiger charge is -1.99. The summed E-state index contributed by atoms with van der Waals surface area (Å²) in [6.45, 7) is 4.16. The summed E-state index contributed by atoms with van der Waals surface area (Å²) in [7, 11) is 1.94. The Morgan fingerprint density at radius 2 is 2.13 bits per heavy atom. The Bertz CT molecular complexity index is 556. The van der Waals surface area contributed by atoms with E-state index in [9.17, 15) is 0 Å². The molecular formula is C13H14N2. The van der Waals surface area contributed by atoms with Gasteiger partial charge in [-0.2, -0.15) is 5.26 Å². The molecule has 0 saturated carbocycles. The normalized spacial score (nSPS) is 10.5. The molecule has 0 bridgehead atoms. The lowest BCUT2D eigenvalue weighted by Crippen LogP contribution is -1.91. The molecule has 1 aromatic heterocycles. The van der Waals surface area contributed by atoms with Gasteiger partial charge in [0, 0.05) is 18.0 Å². The summed E-state index contributed by atoms with van der Waals surface area (Å²) in [5.74, 6) is 0. The van der Waals surface area contributed by atoms with E-state index in [0.717, 1.165) is 23.2 Å². The topological polar surface area (TPSA) is 28.7 Å². The van der Waals surface area contributed by atoms with Crippen molar-refractivity contribution < 1.29 is 0 Å². The fourth-order valence-corrected chi connectivity index (χ4v) is 2.05. The first-order chi connectivity index (χ1) is 7.19. The average Bonchev–Trinajstić information content (AvgIpc) is 2.51. The number of rotatable bonds is 1. The summed E-state index contributed by atoms with van der Waals surface area (Å²) in [5.41, 5.74) is 4.31. The smallest absolute Gasteiger partial charge is 0.123 e. The molecule has 15 heavy (non-hydrogen) atoms. The number of hydrogen-bond acceptors (Lipinski definition) is 1. The van der Waals surface area contributed by atoms with E-state index in [1.54, 1.807) is 0 Å². The number of nitriles is 1. The number of hydrogen-bond donors (Lipinski definition) is 0. The first-order valence-electron chi connectivity index (χ1n) is 5.17. The maximum Gasteiger partial charge on any atom is 0.123 e. The minimum Gasteiger partial charge on any atom is -0.335 e. The molecule has 0 aliphatic rings. The second-order valence-electron chi connectivity index (χ2n) is 3.85. The van der Waals surface area contributed by atoms with Crippen molar-refractivity contribution in [3.05, 3.63) is 35.0 Å². The van der Waals surface area contributed by atoms with Gasteiger partial charge in [-0.1, -0.05) is 13.0 Å². The maximum absolute atomic E-state index is 9.06. The molecule has 2 heteroatoms. The highest BCUT2D eigenvalue weighted by Gasteiger charge is 2.10. The predicted octanol–water partition coefficient (Wildman–Crippen LogP) is 2.92. The molecule has 0 fully saturated rings. The minimum absolute atomic E-state index is 0.762. The molecule has 2 rings (SSSR count). The lowest BCUT2D eigenvalue weighted by molar-refractivity contribution is 0.940. The van der Waals surface area contributed by atoms with Gasteiger partial charge >= 0.3 is 0 Å². The Morgan fingerprint density at radius 1 is 1.40 bits per heavy atom. The molecule has 0 spiro atoms. The van der Waals surface area contributed by atoms with E-state index in [1.807, 2.05) is 18.5 Å². The summed E-state index contributed by atoms with van der Waals surface area (Å²) in [6, 6.07) is 8.67. The zero-order valence-electron chi connectivity index (χ0n) is 9.33. The molecule has 2 aromatic rings. The van der Waals surface area contributed by atoms with Crippen molar-refractivity contribution in [3.63, 3.8) is 0 Å². The summed E-state index contributed by atoms with van der Waals surface area (Å²) in [4.78, 5) is 0. The van der Waals surface area contributed by atoms with Crippen molar-refractivity contribution in [1.29, 1.82) is 5.26 Å². The standard InChI is InChI=1S/C13H14N2/c1-4-10-5-6-12-11(7-10)9(2)13(8-14)15(12)3/h5-7H,4H2,1-3H3. The zero-order chi connectivity index (χ0) is 11.0. The second kappa shape index (κ2) is 3.43. The molecule has 0 N–H and O–H groups in total. The fraction of sp³-hybridized carbons (Fsp3) is 0.308. The summed E-state index contributed by atoms with van der Waals surface area (Å²) in [6.07, 6.45) is 1.03. The van der Waals surface area contributed by atoms with Gasteiger partial charge in [0.15, 0.2) is 0 Å². The van der Waals surface area contributed by atoms with Crippen LogP contribution in [0.3, 0.4) is 0 Å². The van der Waals surface area contributed by atoms with Crippen molar-refractivity contribution in [2.24, 2.45) is 7.05 Å². The van der Waals surface area contributed by atoms with E-state index < -0.39 is 0 Å². The SMILES string of the molecule is CCc1ccc2c(c1)c(C)c(C#N)n2C. The highest BCUT2D eigenvalue weighted by Crippen LogP contribution is 2.25. The molecule has 0 aliphatic carbocycles. The molecule has 76 valence electrons. The molecule has 0 atom stereocenters. The molecular weight excluding hydrogens is 184 g/mol. The van der Waals surface area contributed by atoms with E-state index >= 15 is 0 Å². The Labute approximate surface area is 89.7 Å². The Balaban J connectivity index is 2.85. The van der Waals surface area contributed by atoms with E-state index in [-0.39, 0.29) is 0 Å². The monoisotopic (exact) mass is 198 g/mol. The number of aryl methyl sites for hydroxylation is 3. The third-order valence-corrected chi connectivity index (χ3v) is 3.03.